The molecule has 0 aliphatic carbocycles. The van der Waals surface area contributed by atoms with Crippen LogP contribution < -0.4 is 5.73 Å². The maximum atomic E-state index is 5.75. The summed E-state index contributed by atoms with van der Waals surface area (Å²) >= 11 is 0. The fourth-order valence-electron chi connectivity index (χ4n) is 2.99. The predicted molar refractivity (Wildman–Crippen MR) is 92.5 cm³/mol. The van der Waals surface area contributed by atoms with E-state index in [9.17, 15) is 0 Å². The van der Waals surface area contributed by atoms with Crippen LogP contribution in [0.4, 0.5) is 0 Å². The van der Waals surface area contributed by atoms with E-state index in [1.165, 1.54) is 22.3 Å². The second-order valence-corrected chi connectivity index (χ2v) is 6.18. The van der Waals surface area contributed by atoms with Crippen LogP contribution >= 0.6 is 0 Å². The van der Waals surface area contributed by atoms with Crippen molar-refractivity contribution in [3.8, 4) is 11.1 Å². The molecule has 3 rings (SSSR count). The van der Waals surface area contributed by atoms with Crippen LogP contribution in [0, 0.1) is 0 Å². The van der Waals surface area contributed by atoms with E-state index in [0.29, 0.717) is 6.54 Å². The van der Waals surface area contributed by atoms with Crippen molar-refractivity contribution in [3.63, 3.8) is 0 Å². The SMILES string of the molecule is CN1CCN(Cc2cccc(-c3cccc(CN)c3)c2)CC1. The Labute approximate surface area is 133 Å². The molecule has 2 aromatic carbocycles. The fourth-order valence-corrected chi connectivity index (χ4v) is 2.99. The first kappa shape index (κ1) is 15.2. The second-order valence-electron chi connectivity index (χ2n) is 6.18. The van der Waals surface area contributed by atoms with Crippen LogP contribution in [0.1, 0.15) is 11.1 Å². The Morgan fingerprint density at radius 1 is 0.864 bits per heavy atom. The van der Waals surface area contributed by atoms with E-state index in [-0.39, 0.29) is 0 Å². The van der Waals surface area contributed by atoms with Gasteiger partial charge in [-0.2, -0.15) is 0 Å². The molecule has 0 unspecified atom stereocenters. The van der Waals surface area contributed by atoms with Crippen LogP contribution in [0.25, 0.3) is 11.1 Å². The molecule has 1 aliphatic rings. The Bertz CT molecular complexity index is 616. The summed E-state index contributed by atoms with van der Waals surface area (Å²) in [6.45, 7) is 6.27. The van der Waals surface area contributed by atoms with Gasteiger partial charge in [-0.1, -0.05) is 36.4 Å². The van der Waals surface area contributed by atoms with Gasteiger partial charge in [-0.3, -0.25) is 4.90 Å². The molecule has 2 aromatic rings. The Morgan fingerprint density at radius 2 is 1.45 bits per heavy atom. The Kier molecular flexibility index (Phi) is 4.88. The third-order valence-electron chi connectivity index (χ3n) is 4.43. The highest BCUT2D eigenvalue weighted by molar-refractivity contribution is 5.64. The summed E-state index contributed by atoms with van der Waals surface area (Å²) in [6, 6.07) is 17.4. The molecule has 2 N–H and O–H groups in total. The molecule has 0 saturated carbocycles. The van der Waals surface area contributed by atoms with Crippen molar-refractivity contribution in [1.82, 2.24) is 9.80 Å². The van der Waals surface area contributed by atoms with Gasteiger partial charge in [-0.05, 0) is 41.4 Å². The molecule has 0 amide bonds. The lowest BCUT2D eigenvalue weighted by molar-refractivity contribution is 0.148. The van der Waals surface area contributed by atoms with Crippen LogP contribution in [0.3, 0.4) is 0 Å². The molecular weight excluding hydrogens is 270 g/mol. The van der Waals surface area contributed by atoms with E-state index in [0.717, 1.165) is 32.7 Å². The summed E-state index contributed by atoms with van der Waals surface area (Å²) in [7, 11) is 2.20. The third kappa shape index (κ3) is 3.74. The molecule has 0 bridgehead atoms. The fraction of sp³-hybridized carbons (Fsp3) is 0.368. The van der Waals surface area contributed by atoms with Crippen LogP contribution in [-0.2, 0) is 13.1 Å². The summed E-state index contributed by atoms with van der Waals surface area (Å²) in [5.41, 5.74) is 10.9. The quantitative estimate of drug-likeness (QED) is 0.941. The van der Waals surface area contributed by atoms with Crippen LogP contribution in [0.5, 0.6) is 0 Å². The van der Waals surface area contributed by atoms with Crippen LogP contribution in [-0.4, -0.2) is 43.0 Å². The second kappa shape index (κ2) is 7.05. The van der Waals surface area contributed by atoms with E-state index < -0.39 is 0 Å². The Morgan fingerprint density at radius 3 is 2.09 bits per heavy atom. The minimum atomic E-state index is 0.592. The zero-order chi connectivity index (χ0) is 15.4. The van der Waals surface area contributed by atoms with Crippen molar-refractivity contribution >= 4 is 0 Å². The van der Waals surface area contributed by atoms with Gasteiger partial charge in [0, 0.05) is 39.3 Å². The molecule has 1 aliphatic heterocycles. The molecule has 0 aromatic heterocycles. The molecule has 1 saturated heterocycles. The van der Waals surface area contributed by atoms with E-state index >= 15 is 0 Å². The average Bonchev–Trinajstić information content (AvgIpc) is 2.57. The number of benzene rings is 2. The monoisotopic (exact) mass is 295 g/mol. The number of likely N-dealkylation sites (N-methyl/N-ethyl adjacent to an activating group) is 1. The molecular formula is C19H25N3. The largest absolute Gasteiger partial charge is 0.326 e. The maximum absolute atomic E-state index is 5.75. The first-order valence-electron chi connectivity index (χ1n) is 8.04. The molecule has 116 valence electrons. The molecule has 3 heteroatoms. The normalized spacial score (nSPS) is 16.8. The van der Waals surface area contributed by atoms with Gasteiger partial charge < -0.3 is 10.6 Å². The summed E-state index contributed by atoms with van der Waals surface area (Å²) in [4.78, 5) is 4.93. The Hall–Kier alpha value is -1.68. The lowest BCUT2D eigenvalue weighted by atomic mass is 10.0. The number of nitrogens with two attached hydrogens (primary N) is 1. The third-order valence-corrected chi connectivity index (χ3v) is 4.43. The predicted octanol–water partition coefficient (Wildman–Crippen LogP) is 2.56. The summed E-state index contributed by atoms with van der Waals surface area (Å²) < 4.78 is 0. The zero-order valence-electron chi connectivity index (χ0n) is 13.3. The van der Waals surface area contributed by atoms with Crippen molar-refractivity contribution in [2.75, 3.05) is 33.2 Å². The maximum Gasteiger partial charge on any atom is 0.0235 e. The minimum absolute atomic E-state index is 0.592. The molecule has 1 fully saturated rings. The van der Waals surface area contributed by atoms with E-state index in [2.05, 4.69) is 65.4 Å². The van der Waals surface area contributed by atoms with Gasteiger partial charge in [-0.15, -0.1) is 0 Å². The van der Waals surface area contributed by atoms with Gasteiger partial charge in [0.2, 0.25) is 0 Å². The summed E-state index contributed by atoms with van der Waals surface area (Å²) in [5, 5.41) is 0. The minimum Gasteiger partial charge on any atom is -0.326 e. The van der Waals surface area contributed by atoms with Crippen LogP contribution in [0.2, 0.25) is 0 Å². The standard InChI is InChI=1S/C19H25N3/c1-21-8-10-22(11-9-21)15-17-5-3-7-19(13-17)18-6-2-4-16(12-18)14-20/h2-7,12-13H,8-11,14-15,20H2,1H3. The average molecular weight is 295 g/mol. The van der Waals surface area contributed by atoms with Gasteiger partial charge >= 0.3 is 0 Å². The summed E-state index contributed by atoms with van der Waals surface area (Å²) in [5.74, 6) is 0. The van der Waals surface area contributed by atoms with Gasteiger partial charge in [-0.25, -0.2) is 0 Å². The molecule has 1 heterocycles. The number of hydrogen-bond acceptors (Lipinski definition) is 3. The van der Waals surface area contributed by atoms with Crippen molar-refractivity contribution in [1.29, 1.82) is 0 Å². The first-order chi connectivity index (χ1) is 10.7. The molecule has 0 spiro atoms. The van der Waals surface area contributed by atoms with Crippen molar-refractivity contribution < 1.29 is 0 Å². The van der Waals surface area contributed by atoms with Crippen LogP contribution in [0.15, 0.2) is 48.5 Å². The van der Waals surface area contributed by atoms with Gasteiger partial charge in [0.05, 0.1) is 0 Å². The van der Waals surface area contributed by atoms with Crippen molar-refractivity contribution in [3.05, 3.63) is 59.7 Å². The van der Waals surface area contributed by atoms with Crippen molar-refractivity contribution in [2.24, 2.45) is 5.73 Å². The molecule has 22 heavy (non-hydrogen) atoms. The lowest BCUT2D eigenvalue weighted by Crippen LogP contribution is -2.43. The van der Waals surface area contributed by atoms with Gasteiger partial charge in [0.25, 0.3) is 0 Å². The van der Waals surface area contributed by atoms with Gasteiger partial charge in [0.1, 0.15) is 0 Å². The molecule has 0 radical (unpaired) electrons. The Balaban J connectivity index is 1.74. The first-order valence-corrected chi connectivity index (χ1v) is 8.04. The van der Waals surface area contributed by atoms with Crippen molar-refractivity contribution in [2.45, 2.75) is 13.1 Å². The summed E-state index contributed by atoms with van der Waals surface area (Å²) in [6.07, 6.45) is 0. The highest BCUT2D eigenvalue weighted by Crippen LogP contribution is 2.22. The van der Waals surface area contributed by atoms with Gasteiger partial charge in [0.15, 0.2) is 0 Å². The van der Waals surface area contributed by atoms with E-state index in [4.69, 9.17) is 5.73 Å². The zero-order valence-corrected chi connectivity index (χ0v) is 13.3. The van der Waals surface area contributed by atoms with E-state index in [1.807, 2.05) is 0 Å². The highest BCUT2D eigenvalue weighted by atomic mass is 15.2. The van der Waals surface area contributed by atoms with E-state index in [1.54, 1.807) is 0 Å². The highest BCUT2D eigenvalue weighted by Gasteiger charge is 2.13. The molecule has 3 nitrogen and oxygen atoms in total. The number of piperazine rings is 1. The topological polar surface area (TPSA) is 32.5 Å². The number of hydrogen-bond donors (Lipinski definition) is 1. The lowest BCUT2D eigenvalue weighted by Gasteiger charge is -2.32. The smallest absolute Gasteiger partial charge is 0.0235 e. The molecule has 0 atom stereocenters. The number of nitrogens with zero attached hydrogens (tertiary/aromatic N) is 2. The number of rotatable bonds is 4.